The molecule has 0 bridgehead atoms. The van der Waals surface area contributed by atoms with E-state index in [4.69, 9.17) is 10.1 Å². The third-order valence-electron chi connectivity index (χ3n) is 2.26. The van der Waals surface area contributed by atoms with Gasteiger partial charge in [-0.25, -0.2) is 4.79 Å². The summed E-state index contributed by atoms with van der Waals surface area (Å²) in [6.07, 6.45) is 0. The summed E-state index contributed by atoms with van der Waals surface area (Å²) in [5.74, 6) is -0.240. The van der Waals surface area contributed by atoms with Crippen LogP contribution in [-0.2, 0) is 9.63 Å². The van der Waals surface area contributed by atoms with Crippen molar-refractivity contribution in [3.05, 3.63) is 11.1 Å². The molecule has 82 valence electrons. The Balaban J connectivity index is 2.43. The largest absolute Gasteiger partial charge is 0.367 e. The van der Waals surface area contributed by atoms with Crippen LogP contribution >= 0.6 is 0 Å². The van der Waals surface area contributed by atoms with Gasteiger partial charge in [-0.1, -0.05) is 0 Å². The van der Waals surface area contributed by atoms with E-state index in [2.05, 4.69) is 6.07 Å². The molecule has 0 N–H and O–H groups in total. The fraction of sp³-hybridized carbons (Fsp3) is 0.636. The predicted octanol–water partition coefficient (Wildman–Crippen LogP) is 1.65. The van der Waals surface area contributed by atoms with E-state index in [1.165, 1.54) is 0 Å². The molecule has 4 heteroatoms. The number of allylic oxidation sites excluding steroid dienone is 1. The van der Waals surface area contributed by atoms with Gasteiger partial charge in [0.25, 0.3) is 0 Å². The Morgan fingerprint density at radius 3 is 2.40 bits per heavy atom. The number of hydroxylamine groups is 2. The molecular weight excluding hydrogens is 192 g/mol. The maximum atomic E-state index is 11.5. The van der Waals surface area contributed by atoms with Gasteiger partial charge in [-0.2, -0.15) is 5.26 Å². The van der Waals surface area contributed by atoms with Crippen molar-refractivity contribution in [3.63, 3.8) is 0 Å². The Kier molecular flexibility index (Phi) is 3.15. The van der Waals surface area contributed by atoms with Gasteiger partial charge in [-0.05, 0) is 33.3 Å². The average Bonchev–Trinajstić information content (AvgIpc) is 2.07. The summed E-state index contributed by atoms with van der Waals surface area (Å²) in [5.41, 5.74) is 1.28. The van der Waals surface area contributed by atoms with Gasteiger partial charge in [0.1, 0.15) is 0 Å². The van der Waals surface area contributed by atoms with Crippen LogP contribution in [0.25, 0.3) is 0 Å². The van der Waals surface area contributed by atoms with Crippen LogP contribution in [0.4, 0.5) is 0 Å². The van der Waals surface area contributed by atoms with E-state index < -0.39 is 5.41 Å². The molecule has 4 nitrogen and oxygen atoms in total. The standard InChI is InChI=1S/C11H16N2O2/c1-8(5-12)9-6-13(7-9)15-10(14)11(2,3)4/h6-7H2,1-4H3. The highest BCUT2D eigenvalue weighted by atomic mass is 16.7. The number of nitriles is 1. The topological polar surface area (TPSA) is 53.3 Å². The van der Waals surface area contributed by atoms with E-state index in [1.54, 1.807) is 12.0 Å². The molecule has 0 aromatic heterocycles. The second-order valence-corrected chi connectivity index (χ2v) is 4.77. The molecule has 0 spiro atoms. The monoisotopic (exact) mass is 208 g/mol. The molecule has 0 saturated carbocycles. The fourth-order valence-electron chi connectivity index (χ4n) is 1.01. The lowest BCUT2D eigenvalue weighted by Gasteiger charge is -2.34. The third-order valence-corrected chi connectivity index (χ3v) is 2.26. The molecule has 1 rings (SSSR count). The molecule has 1 heterocycles. The molecule has 1 aliphatic heterocycles. The summed E-state index contributed by atoms with van der Waals surface area (Å²) in [6, 6.07) is 2.08. The first-order chi connectivity index (χ1) is 6.84. The highest BCUT2D eigenvalue weighted by Crippen LogP contribution is 2.22. The zero-order chi connectivity index (χ0) is 11.6. The first-order valence-electron chi connectivity index (χ1n) is 4.90. The number of hydrogen-bond donors (Lipinski definition) is 0. The summed E-state index contributed by atoms with van der Waals surface area (Å²) in [7, 11) is 0. The lowest BCUT2D eigenvalue weighted by atomic mass is 9.97. The lowest BCUT2D eigenvalue weighted by molar-refractivity contribution is -0.206. The van der Waals surface area contributed by atoms with E-state index in [0.29, 0.717) is 13.1 Å². The van der Waals surface area contributed by atoms with Crippen molar-refractivity contribution in [1.82, 2.24) is 5.06 Å². The summed E-state index contributed by atoms with van der Waals surface area (Å²) < 4.78 is 0. The highest BCUT2D eigenvalue weighted by Gasteiger charge is 2.30. The van der Waals surface area contributed by atoms with Gasteiger partial charge < -0.3 is 4.84 Å². The van der Waals surface area contributed by atoms with Gasteiger partial charge in [-0.15, -0.1) is 5.06 Å². The zero-order valence-corrected chi connectivity index (χ0v) is 9.63. The van der Waals surface area contributed by atoms with E-state index in [1.807, 2.05) is 20.8 Å². The van der Waals surface area contributed by atoms with Crippen LogP contribution in [0, 0.1) is 16.7 Å². The van der Waals surface area contributed by atoms with Crippen LogP contribution in [0.2, 0.25) is 0 Å². The van der Waals surface area contributed by atoms with Gasteiger partial charge in [0.15, 0.2) is 0 Å². The van der Waals surface area contributed by atoms with Crippen molar-refractivity contribution in [2.75, 3.05) is 13.1 Å². The molecule has 0 atom stereocenters. The summed E-state index contributed by atoms with van der Waals surface area (Å²) in [5, 5.41) is 10.2. The van der Waals surface area contributed by atoms with Gasteiger partial charge in [0.05, 0.1) is 24.6 Å². The molecular formula is C11H16N2O2. The van der Waals surface area contributed by atoms with Crippen molar-refractivity contribution in [2.45, 2.75) is 27.7 Å². The molecule has 1 fully saturated rings. The van der Waals surface area contributed by atoms with Gasteiger partial charge >= 0.3 is 5.97 Å². The lowest BCUT2D eigenvalue weighted by Crippen LogP contribution is -2.44. The number of carbonyl (C=O) groups is 1. The number of rotatable bonds is 1. The van der Waals surface area contributed by atoms with E-state index >= 15 is 0 Å². The average molecular weight is 208 g/mol. The second kappa shape index (κ2) is 4.03. The quantitative estimate of drug-likeness (QED) is 0.615. The van der Waals surface area contributed by atoms with E-state index in [-0.39, 0.29) is 5.97 Å². The molecule has 0 unspecified atom stereocenters. The van der Waals surface area contributed by atoms with Crippen LogP contribution < -0.4 is 0 Å². The first-order valence-corrected chi connectivity index (χ1v) is 4.90. The molecule has 0 radical (unpaired) electrons. The van der Waals surface area contributed by atoms with Crippen molar-refractivity contribution >= 4 is 5.97 Å². The van der Waals surface area contributed by atoms with Crippen LogP contribution in [0.5, 0.6) is 0 Å². The van der Waals surface area contributed by atoms with E-state index in [9.17, 15) is 4.79 Å². The van der Waals surface area contributed by atoms with Crippen LogP contribution in [0.3, 0.4) is 0 Å². The minimum absolute atomic E-state index is 0.240. The molecule has 1 saturated heterocycles. The van der Waals surface area contributed by atoms with Crippen molar-refractivity contribution in [1.29, 1.82) is 5.26 Å². The number of hydrogen-bond acceptors (Lipinski definition) is 4. The minimum atomic E-state index is -0.482. The normalized spacial score (nSPS) is 16.6. The Morgan fingerprint density at radius 2 is 2.00 bits per heavy atom. The van der Waals surface area contributed by atoms with Crippen LogP contribution in [0.1, 0.15) is 27.7 Å². The van der Waals surface area contributed by atoms with Crippen LogP contribution in [0.15, 0.2) is 11.1 Å². The summed E-state index contributed by atoms with van der Waals surface area (Å²) >= 11 is 0. The fourth-order valence-corrected chi connectivity index (χ4v) is 1.01. The minimum Gasteiger partial charge on any atom is -0.367 e. The molecule has 1 aliphatic rings. The third kappa shape index (κ3) is 2.80. The smallest absolute Gasteiger partial charge is 0.330 e. The Hall–Kier alpha value is -1.34. The SMILES string of the molecule is CC(C#N)=C1CN(OC(=O)C(C)(C)C)C1. The van der Waals surface area contributed by atoms with Crippen molar-refractivity contribution < 1.29 is 9.63 Å². The highest BCUT2D eigenvalue weighted by molar-refractivity contribution is 5.75. The predicted molar refractivity (Wildman–Crippen MR) is 55.4 cm³/mol. The number of carbonyl (C=O) groups excluding carboxylic acids is 1. The van der Waals surface area contributed by atoms with Gasteiger partial charge in [0.2, 0.25) is 0 Å². The maximum absolute atomic E-state index is 11.5. The molecule has 15 heavy (non-hydrogen) atoms. The molecule has 0 amide bonds. The van der Waals surface area contributed by atoms with Crippen molar-refractivity contribution in [2.24, 2.45) is 5.41 Å². The second-order valence-electron chi connectivity index (χ2n) is 4.77. The molecule has 0 aliphatic carbocycles. The summed E-state index contributed by atoms with van der Waals surface area (Å²) in [4.78, 5) is 16.6. The number of nitrogens with zero attached hydrogens (tertiary/aromatic N) is 2. The zero-order valence-electron chi connectivity index (χ0n) is 9.63. The van der Waals surface area contributed by atoms with Crippen LogP contribution in [-0.4, -0.2) is 24.1 Å². The van der Waals surface area contributed by atoms with Gasteiger partial charge in [0, 0.05) is 5.57 Å². The Bertz CT molecular complexity index is 337. The van der Waals surface area contributed by atoms with Crippen molar-refractivity contribution in [3.8, 4) is 6.07 Å². The van der Waals surface area contributed by atoms with E-state index in [0.717, 1.165) is 11.1 Å². The summed E-state index contributed by atoms with van der Waals surface area (Å²) in [6.45, 7) is 8.33. The van der Waals surface area contributed by atoms with Gasteiger partial charge in [-0.3, -0.25) is 0 Å². The Morgan fingerprint density at radius 1 is 1.47 bits per heavy atom. The maximum Gasteiger partial charge on any atom is 0.330 e. The molecule has 0 aromatic carbocycles. The molecule has 0 aromatic rings. The Labute approximate surface area is 90.1 Å². The first kappa shape index (κ1) is 11.7.